The molecule has 6 heteroatoms. The zero-order valence-electron chi connectivity index (χ0n) is 13.0. The van der Waals surface area contributed by atoms with Gasteiger partial charge in [0.2, 0.25) is 0 Å². The molecule has 1 N–H and O–H groups in total. The fraction of sp³-hybridized carbons (Fsp3) is 0.294. The van der Waals surface area contributed by atoms with Gasteiger partial charge in [0.05, 0.1) is 18.5 Å². The minimum Gasteiger partial charge on any atom is -0.377 e. The Hall–Kier alpha value is -2.47. The fourth-order valence-electron chi connectivity index (χ4n) is 1.96. The van der Waals surface area contributed by atoms with E-state index in [1.165, 1.54) is 17.2 Å². The lowest BCUT2D eigenvalue weighted by atomic mass is 10.2. The first-order chi connectivity index (χ1) is 11.2. The van der Waals surface area contributed by atoms with E-state index in [0.29, 0.717) is 26.2 Å². The van der Waals surface area contributed by atoms with Gasteiger partial charge in [-0.2, -0.15) is 0 Å². The van der Waals surface area contributed by atoms with Gasteiger partial charge in [0.25, 0.3) is 0 Å². The number of carbonyl (C=O) groups excluding carboxylic acids is 1. The van der Waals surface area contributed by atoms with Crippen molar-refractivity contribution in [3.63, 3.8) is 0 Å². The number of nitrogens with one attached hydrogen (secondary N) is 1. The van der Waals surface area contributed by atoms with Crippen molar-refractivity contribution in [2.75, 3.05) is 25.5 Å². The topological polar surface area (TPSA) is 54.5 Å². The number of halogens is 1. The zero-order chi connectivity index (χ0) is 16.5. The summed E-state index contributed by atoms with van der Waals surface area (Å²) in [6.07, 6.45) is 3.19. The molecule has 122 valence electrons. The van der Waals surface area contributed by atoms with Crippen molar-refractivity contribution in [1.82, 2.24) is 9.88 Å². The molecule has 2 amide bonds. The van der Waals surface area contributed by atoms with E-state index in [1.807, 2.05) is 30.3 Å². The summed E-state index contributed by atoms with van der Waals surface area (Å²) in [6.45, 7) is 1.63. The summed E-state index contributed by atoms with van der Waals surface area (Å²) in [7, 11) is 1.66. The summed E-state index contributed by atoms with van der Waals surface area (Å²) in [6, 6.07) is 11.0. The molecule has 0 saturated carbocycles. The standard InChI is InChI=1S/C17H20FN3O2/c1-21(17(22)20-16-8-9-19-12-15(16)18)10-5-11-23-13-14-6-3-2-4-7-14/h2-4,6-9,12H,5,10-11,13H2,1H3,(H,19,20,22). The normalized spacial score (nSPS) is 10.3. The number of rotatable bonds is 7. The summed E-state index contributed by atoms with van der Waals surface area (Å²) in [5.74, 6) is -0.555. The third-order valence-electron chi connectivity index (χ3n) is 3.25. The maximum absolute atomic E-state index is 13.4. The lowest BCUT2D eigenvalue weighted by molar-refractivity contribution is 0.113. The van der Waals surface area contributed by atoms with Crippen molar-refractivity contribution in [3.05, 3.63) is 60.2 Å². The highest BCUT2D eigenvalue weighted by atomic mass is 19.1. The molecule has 0 aliphatic carbocycles. The van der Waals surface area contributed by atoms with Gasteiger partial charge in [-0.1, -0.05) is 30.3 Å². The Morgan fingerprint density at radius 2 is 2.09 bits per heavy atom. The molecule has 0 unspecified atom stereocenters. The first-order valence-electron chi connectivity index (χ1n) is 7.40. The predicted octanol–water partition coefficient (Wildman–Crippen LogP) is 3.29. The average molecular weight is 317 g/mol. The van der Waals surface area contributed by atoms with Crippen molar-refractivity contribution < 1.29 is 13.9 Å². The molecular weight excluding hydrogens is 297 g/mol. The van der Waals surface area contributed by atoms with E-state index in [4.69, 9.17) is 4.74 Å². The van der Waals surface area contributed by atoms with E-state index in [2.05, 4.69) is 10.3 Å². The Labute approximate surface area is 135 Å². The Morgan fingerprint density at radius 3 is 2.83 bits per heavy atom. The highest BCUT2D eigenvalue weighted by Gasteiger charge is 2.10. The minimum atomic E-state index is -0.555. The van der Waals surface area contributed by atoms with E-state index in [1.54, 1.807) is 7.05 Å². The average Bonchev–Trinajstić information content (AvgIpc) is 2.57. The number of anilines is 1. The SMILES string of the molecule is CN(CCCOCc1ccccc1)C(=O)Nc1ccncc1F. The van der Waals surface area contributed by atoms with Crippen LogP contribution in [-0.4, -0.2) is 36.1 Å². The van der Waals surface area contributed by atoms with Gasteiger partial charge in [0.1, 0.15) is 0 Å². The smallest absolute Gasteiger partial charge is 0.321 e. The second kappa shape index (κ2) is 8.85. The summed E-state index contributed by atoms with van der Waals surface area (Å²) in [5.41, 5.74) is 1.24. The monoisotopic (exact) mass is 317 g/mol. The van der Waals surface area contributed by atoms with E-state index >= 15 is 0 Å². The number of aromatic nitrogens is 1. The summed E-state index contributed by atoms with van der Waals surface area (Å²) in [5, 5.41) is 2.51. The molecule has 0 atom stereocenters. The lowest BCUT2D eigenvalue weighted by Gasteiger charge is -2.18. The van der Waals surface area contributed by atoms with Crippen LogP contribution in [0.15, 0.2) is 48.8 Å². The predicted molar refractivity (Wildman–Crippen MR) is 86.6 cm³/mol. The molecule has 0 spiro atoms. The van der Waals surface area contributed by atoms with Crippen LogP contribution < -0.4 is 5.32 Å². The molecule has 23 heavy (non-hydrogen) atoms. The second-order valence-electron chi connectivity index (χ2n) is 5.10. The van der Waals surface area contributed by atoms with Crippen molar-refractivity contribution in [3.8, 4) is 0 Å². The largest absolute Gasteiger partial charge is 0.377 e. The van der Waals surface area contributed by atoms with Crippen LogP contribution >= 0.6 is 0 Å². The molecule has 5 nitrogen and oxygen atoms in total. The van der Waals surface area contributed by atoms with E-state index in [9.17, 15) is 9.18 Å². The van der Waals surface area contributed by atoms with Gasteiger partial charge in [-0.3, -0.25) is 4.98 Å². The van der Waals surface area contributed by atoms with Crippen LogP contribution in [0.3, 0.4) is 0 Å². The van der Waals surface area contributed by atoms with E-state index < -0.39 is 5.82 Å². The molecular formula is C17H20FN3O2. The van der Waals surface area contributed by atoms with Gasteiger partial charge < -0.3 is 15.0 Å². The Kier molecular flexibility index (Phi) is 6.50. The number of carbonyl (C=O) groups is 1. The molecule has 0 aliphatic heterocycles. The number of benzene rings is 1. The van der Waals surface area contributed by atoms with Crippen molar-refractivity contribution in [2.24, 2.45) is 0 Å². The number of ether oxygens (including phenoxy) is 1. The number of urea groups is 1. The highest BCUT2D eigenvalue weighted by molar-refractivity contribution is 5.89. The van der Waals surface area contributed by atoms with Crippen LogP contribution in [0.5, 0.6) is 0 Å². The van der Waals surface area contributed by atoms with Crippen molar-refractivity contribution in [2.45, 2.75) is 13.0 Å². The molecule has 0 aliphatic rings. The van der Waals surface area contributed by atoms with E-state index in [0.717, 1.165) is 11.8 Å². The molecule has 2 aromatic rings. The Bertz CT molecular complexity index is 622. The summed E-state index contributed by atoms with van der Waals surface area (Å²) < 4.78 is 19.0. The van der Waals surface area contributed by atoms with Crippen LogP contribution in [0, 0.1) is 5.82 Å². The number of hydrogen-bond donors (Lipinski definition) is 1. The van der Waals surface area contributed by atoms with Gasteiger partial charge in [-0.15, -0.1) is 0 Å². The molecule has 1 aromatic carbocycles. The van der Waals surface area contributed by atoms with Gasteiger partial charge in [-0.25, -0.2) is 9.18 Å². The van der Waals surface area contributed by atoms with Crippen molar-refractivity contribution in [1.29, 1.82) is 0 Å². The quantitative estimate of drug-likeness (QED) is 0.797. The van der Waals surface area contributed by atoms with Crippen LogP contribution in [0.4, 0.5) is 14.9 Å². The van der Waals surface area contributed by atoms with Gasteiger partial charge in [0.15, 0.2) is 5.82 Å². The minimum absolute atomic E-state index is 0.122. The van der Waals surface area contributed by atoms with Gasteiger partial charge in [-0.05, 0) is 18.1 Å². The second-order valence-corrected chi connectivity index (χ2v) is 5.10. The molecule has 0 saturated heterocycles. The van der Waals surface area contributed by atoms with Crippen LogP contribution in [-0.2, 0) is 11.3 Å². The molecule has 0 radical (unpaired) electrons. The summed E-state index contributed by atoms with van der Waals surface area (Å²) >= 11 is 0. The highest BCUT2D eigenvalue weighted by Crippen LogP contribution is 2.11. The molecule has 2 rings (SSSR count). The maximum atomic E-state index is 13.4. The number of amides is 2. The van der Waals surface area contributed by atoms with Gasteiger partial charge >= 0.3 is 6.03 Å². The van der Waals surface area contributed by atoms with E-state index in [-0.39, 0.29) is 11.7 Å². The Balaban J connectivity index is 1.65. The molecule has 1 heterocycles. The number of hydrogen-bond acceptors (Lipinski definition) is 3. The molecule has 1 aromatic heterocycles. The number of pyridine rings is 1. The molecule has 0 bridgehead atoms. The third-order valence-corrected chi connectivity index (χ3v) is 3.25. The first kappa shape index (κ1) is 16.9. The zero-order valence-corrected chi connectivity index (χ0v) is 13.0. The fourth-order valence-corrected chi connectivity index (χ4v) is 1.96. The van der Waals surface area contributed by atoms with Crippen LogP contribution in [0.2, 0.25) is 0 Å². The summed E-state index contributed by atoms with van der Waals surface area (Å²) in [4.78, 5) is 17.1. The van der Waals surface area contributed by atoms with Gasteiger partial charge in [0, 0.05) is 26.4 Å². The Morgan fingerprint density at radius 1 is 1.30 bits per heavy atom. The number of nitrogens with zero attached hydrogens (tertiary/aromatic N) is 2. The van der Waals surface area contributed by atoms with Crippen LogP contribution in [0.1, 0.15) is 12.0 Å². The maximum Gasteiger partial charge on any atom is 0.321 e. The third kappa shape index (κ3) is 5.67. The van der Waals surface area contributed by atoms with Crippen molar-refractivity contribution >= 4 is 11.7 Å². The van der Waals surface area contributed by atoms with Crippen LogP contribution in [0.25, 0.3) is 0 Å². The lowest BCUT2D eigenvalue weighted by Crippen LogP contribution is -2.32. The first-order valence-corrected chi connectivity index (χ1v) is 7.40. The molecule has 0 fully saturated rings.